The molecule has 0 aliphatic carbocycles. The molecule has 0 saturated carbocycles. The van der Waals surface area contributed by atoms with E-state index in [1.807, 2.05) is 31.2 Å². The van der Waals surface area contributed by atoms with Crippen LogP contribution in [0.5, 0.6) is 0 Å². The molecule has 0 aromatic heterocycles. The minimum absolute atomic E-state index is 0.0985. The van der Waals surface area contributed by atoms with Crippen molar-refractivity contribution in [2.75, 3.05) is 13.1 Å². The Morgan fingerprint density at radius 2 is 1.95 bits per heavy atom. The van der Waals surface area contributed by atoms with Crippen molar-refractivity contribution >= 4 is 17.5 Å². The highest BCUT2D eigenvalue weighted by Gasteiger charge is 2.10. The number of hydrogen-bond acceptors (Lipinski definition) is 2. The first-order chi connectivity index (χ1) is 9.17. The summed E-state index contributed by atoms with van der Waals surface area (Å²) in [7, 11) is 0. The van der Waals surface area contributed by atoms with Gasteiger partial charge in [0.2, 0.25) is 5.91 Å². The van der Waals surface area contributed by atoms with Gasteiger partial charge in [-0.1, -0.05) is 37.1 Å². The monoisotopic (exact) mass is 282 g/mol. The Morgan fingerprint density at radius 3 is 2.53 bits per heavy atom. The summed E-state index contributed by atoms with van der Waals surface area (Å²) in [4.78, 5) is 11.4. The molecule has 0 heterocycles. The van der Waals surface area contributed by atoms with Crippen molar-refractivity contribution in [3.63, 3.8) is 0 Å². The first kappa shape index (κ1) is 16.0. The second kappa shape index (κ2) is 8.94. The lowest BCUT2D eigenvalue weighted by molar-refractivity contribution is -0.120. The Balaban J connectivity index is 2.48. The lowest BCUT2D eigenvalue weighted by Crippen LogP contribution is -2.29. The maximum atomic E-state index is 11.4. The molecule has 0 radical (unpaired) electrons. The third-order valence-corrected chi connectivity index (χ3v) is 3.22. The van der Waals surface area contributed by atoms with Crippen molar-refractivity contribution in [3.8, 4) is 0 Å². The van der Waals surface area contributed by atoms with E-state index < -0.39 is 0 Å². The van der Waals surface area contributed by atoms with Crippen molar-refractivity contribution < 1.29 is 4.79 Å². The van der Waals surface area contributed by atoms with E-state index in [-0.39, 0.29) is 11.9 Å². The van der Waals surface area contributed by atoms with Crippen LogP contribution in [0.3, 0.4) is 0 Å². The summed E-state index contributed by atoms with van der Waals surface area (Å²) in [5.41, 5.74) is 1.22. The fraction of sp³-hybridized carbons (Fsp3) is 0.533. The number of amides is 1. The van der Waals surface area contributed by atoms with E-state index in [0.717, 1.165) is 17.9 Å². The van der Waals surface area contributed by atoms with Gasteiger partial charge in [-0.15, -0.1) is 0 Å². The highest BCUT2D eigenvalue weighted by molar-refractivity contribution is 6.30. The number of benzene rings is 1. The Morgan fingerprint density at radius 1 is 1.26 bits per heavy atom. The summed E-state index contributed by atoms with van der Waals surface area (Å²) in [6.45, 7) is 5.47. The summed E-state index contributed by atoms with van der Waals surface area (Å²) >= 11 is 5.90. The fourth-order valence-electron chi connectivity index (χ4n) is 2.02. The minimum Gasteiger partial charge on any atom is -0.356 e. The molecule has 0 spiro atoms. The van der Waals surface area contributed by atoms with Gasteiger partial charge in [-0.2, -0.15) is 0 Å². The zero-order chi connectivity index (χ0) is 14.1. The molecule has 4 heteroatoms. The van der Waals surface area contributed by atoms with Crippen molar-refractivity contribution in [1.82, 2.24) is 10.6 Å². The van der Waals surface area contributed by atoms with Gasteiger partial charge in [-0.05, 0) is 31.0 Å². The van der Waals surface area contributed by atoms with Crippen LogP contribution in [0, 0.1) is 0 Å². The second-order valence-corrected chi connectivity index (χ2v) is 4.99. The van der Waals surface area contributed by atoms with Crippen molar-refractivity contribution in [2.24, 2.45) is 0 Å². The molecule has 1 aromatic carbocycles. The van der Waals surface area contributed by atoms with Gasteiger partial charge in [-0.3, -0.25) is 4.79 Å². The molecule has 0 bridgehead atoms. The zero-order valence-corrected chi connectivity index (χ0v) is 12.5. The van der Waals surface area contributed by atoms with Gasteiger partial charge in [0.15, 0.2) is 0 Å². The van der Waals surface area contributed by atoms with Gasteiger partial charge in [0.25, 0.3) is 0 Å². The lowest BCUT2D eigenvalue weighted by Gasteiger charge is -2.18. The van der Waals surface area contributed by atoms with Crippen LogP contribution in [0.15, 0.2) is 24.3 Å². The van der Waals surface area contributed by atoms with Gasteiger partial charge in [0.1, 0.15) is 0 Å². The van der Waals surface area contributed by atoms with E-state index >= 15 is 0 Å². The average Bonchev–Trinajstić information content (AvgIpc) is 2.39. The predicted molar refractivity (Wildman–Crippen MR) is 80.4 cm³/mol. The maximum Gasteiger partial charge on any atom is 0.221 e. The number of rotatable bonds is 8. The van der Waals surface area contributed by atoms with Crippen LogP contribution in [-0.4, -0.2) is 19.0 Å². The summed E-state index contributed by atoms with van der Waals surface area (Å²) in [6, 6.07) is 8.19. The average molecular weight is 283 g/mol. The van der Waals surface area contributed by atoms with E-state index in [0.29, 0.717) is 19.5 Å². The first-order valence-electron chi connectivity index (χ1n) is 6.92. The summed E-state index contributed by atoms with van der Waals surface area (Å²) < 4.78 is 0. The van der Waals surface area contributed by atoms with Crippen LogP contribution in [0.1, 0.15) is 44.7 Å². The fourth-order valence-corrected chi connectivity index (χ4v) is 2.14. The molecular formula is C15H23ClN2O. The van der Waals surface area contributed by atoms with Gasteiger partial charge in [-0.25, -0.2) is 0 Å². The minimum atomic E-state index is 0.0985. The molecule has 19 heavy (non-hydrogen) atoms. The highest BCUT2D eigenvalue weighted by atomic mass is 35.5. The Hall–Kier alpha value is -1.06. The number of nitrogens with one attached hydrogen (secondary N) is 2. The third kappa shape index (κ3) is 6.08. The lowest BCUT2D eigenvalue weighted by atomic mass is 10.0. The third-order valence-electron chi connectivity index (χ3n) is 2.97. The summed E-state index contributed by atoms with van der Waals surface area (Å²) in [5.74, 6) is 0.0985. The Bertz CT molecular complexity index is 378. The topological polar surface area (TPSA) is 41.1 Å². The predicted octanol–water partition coefficient (Wildman–Crippen LogP) is 3.30. The molecule has 1 unspecified atom stereocenters. The molecule has 1 aromatic rings. The summed E-state index contributed by atoms with van der Waals surface area (Å²) in [5, 5.41) is 7.00. The van der Waals surface area contributed by atoms with E-state index in [1.54, 1.807) is 0 Å². The van der Waals surface area contributed by atoms with E-state index in [2.05, 4.69) is 17.6 Å². The van der Waals surface area contributed by atoms with E-state index in [4.69, 9.17) is 11.6 Å². The molecule has 0 saturated heterocycles. The molecule has 0 aliphatic rings. The molecule has 106 valence electrons. The van der Waals surface area contributed by atoms with E-state index in [9.17, 15) is 4.79 Å². The number of hydrogen-bond donors (Lipinski definition) is 2. The molecule has 1 amide bonds. The van der Waals surface area contributed by atoms with Crippen LogP contribution in [0.4, 0.5) is 0 Å². The normalized spacial score (nSPS) is 12.2. The maximum absolute atomic E-state index is 11.4. The zero-order valence-electron chi connectivity index (χ0n) is 11.7. The van der Waals surface area contributed by atoms with Crippen LogP contribution >= 0.6 is 11.6 Å². The van der Waals surface area contributed by atoms with Gasteiger partial charge in [0.05, 0.1) is 0 Å². The van der Waals surface area contributed by atoms with Gasteiger partial charge >= 0.3 is 0 Å². The molecule has 1 atom stereocenters. The molecule has 3 nitrogen and oxygen atoms in total. The van der Waals surface area contributed by atoms with E-state index in [1.165, 1.54) is 5.56 Å². The Labute approximate surface area is 120 Å². The molecule has 1 rings (SSSR count). The quantitative estimate of drug-likeness (QED) is 0.768. The number of carbonyl (C=O) groups is 1. The van der Waals surface area contributed by atoms with Crippen LogP contribution in [-0.2, 0) is 4.79 Å². The second-order valence-electron chi connectivity index (χ2n) is 4.55. The van der Waals surface area contributed by atoms with Crippen LogP contribution < -0.4 is 10.6 Å². The van der Waals surface area contributed by atoms with Crippen molar-refractivity contribution in [3.05, 3.63) is 34.9 Å². The molecular weight excluding hydrogens is 260 g/mol. The van der Waals surface area contributed by atoms with Crippen molar-refractivity contribution in [1.29, 1.82) is 0 Å². The highest BCUT2D eigenvalue weighted by Crippen LogP contribution is 2.20. The van der Waals surface area contributed by atoms with Crippen LogP contribution in [0.25, 0.3) is 0 Å². The first-order valence-corrected chi connectivity index (χ1v) is 7.30. The van der Waals surface area contributed by atoms with Crippen LogP contribution in [0.2, 0.25) is 5.02 Å². The van der Waals surface area contributed by atoms with Gasteiger partial charge < -0.3 is 10.6 Å². The standard InChI is InChI=1S/C15H23ClN2O/c1-3-5-14(12-6-8-13(16)9-7-12)18-11-10-15(19)17-4-2/h6-9,14,18H,3-5,10-11H2,1-2H3,(H,17,19). The number of halogens is 1. The smallest absolute Gasteiger partial charge is 0.221 e. The molecule has 0 fully saturated rings. The number of carbonyl (C=O) groups excluding carboxylic acids is 1. The van der Waals surface area contributed by atoms with Gasteiger partial charge in [0, 0.05) is 30.6 Å². The van der Waals surface area contributed by atoms with Crippen molar-refractivity contribution in [2.45, 2.75) is 39.2 Å². The molecule has 0 aliphatic heterocycles. The Kier molecular flexibility index (Phi) is 7.53. The molecule has 2 N–H and O–H groups in total. The SMILES string of the molecule is CCCC(NCCC(=O)NCC)c1ccc(Cl)cc1. The largest absolute Gasteiger partial charge is 0.356 e. The summed E-state index contributed by atoms with van der Waals surface area (Å²) in [6.07, 6.45) is 2.67.